The lowest BCUT2D eigenvalue weighted by atomic mass is 10.1. The van der Waals surface area contributed by atoms with E-state index in [2.05, 4.69) is 15.9 Å². The van der Waals surface area contributed by atoms with Gasteiger partial charge in [0.25, 0.3) is 0 Å². The smallest absolute Gasteiger partial charge is 0.0374 e. The quantitative estimate of drug-likeness (QED) is 0.700. The highest BCUT2D eigenvalue weighted by atomic mass is 79.9. The lowest BCUT2D eigenvalue weighted by Gasteiger charge is -2.03. The van der Waals surface area contributed by atoms with Crippen molar-refractivity contribution in [2.24, 2.45) is 0 Å². The molecule has 0 radical (unpaired) electrons. The predicted octanol–water partition coefficient (Wildman–Crippen LogP) is 4.53. The van der Waals surface area contributed by atoms with Gasteiger partial charge in [0.2, 0.25) is 0 Å². The van der Waals surface area contributed by atoms with Gasteiger partial charge in [0.15, 0.2) is 0 Å². The number of nitrogen functional groups attached to an aromatic ring is 2. The number of nitrogens with two attached hydrogens (primary N) is 2. The second kappa shape index (κ2) is 6.62. The topological polar surface area (TPSA) is 52.0 Å². The molecule has 2 rings (SSSR count). The molecule has 0 saturated heterocycles. The third-order valence-corrected chi connectivity index (χ3v) is 3.56. The Morgan fingerprint density at radius 3 is 1.47 bits per heavy atom. The molecule has 0 amide bonds. The molecule has 4 N–H and O–H groups in total. The fourth-order valence-corrected chi connectivity index (χ4v) is 2.44. The SMILES string of the molecule is Cc1cc(Br)cc(C)c1N.Cc1cccc(C)c1N. The monoisotopic (exact) mass is 320 g/mol. The van der Waals surface area contributed by atoms with Crippen LogP contribution in [0.1, 0.15) is 22.3 Å². The molecule has 0 heterocycles. The number of hydrogen-bond donors (Lipinski definition) is 2. The first-order chi connectivity index (χ1) is 8.82. The fraction of sp³-hybridized carbons (Fsp3) is 0.250. The second-order valence-electron chi connectivity index (χ2n) is 4.76. The molecule has 2 aromatic rings. The Hall–Kier alpha value is -1.48. The molecule has 0 saturated carbocycles. The molecule has 0 aromatic heterocycles. The van der Waals surface area contributed by atoms with Gasteiger partial charge in [0.05, 0.1) is 0 Å². The second-order valence-corrected chi connectivity index (χ2v) is 5.67. The molecule has 3 heteroatoms. The molecule has 0 bridgehead atoms. The predicted molar refractivity (Wildman–Crippen MR) is 88.4 cm³/mol. The van der Waals surface area contributed by atoms with Gasteiger partial charge in [0.1, 0.15) is 0 Å². The molecule has 0 fully saturated rings. The van der Waals surface area contributed by atoms with Crippen LogP contribution >= 0.6 is 15.9 Å². The molecular weight excluding hydrogens is 300 g/mol. The fourth-order valence-electron chi connectivity index (χ4n) is 1.75. The molecule has 0 spiro atoms. The number of anilines is 2. The molecule has 0 aliphatic rings. The number of halogens is 1. The molecule has 19 heavy (non-hydrogen) atoms. The summed E-state index contributed by atoms with van der Waals surface area (Å²) in [4.78, 5) is 0. The third kappa shape index (κ3) is 4.28. The summed E-state index contributed by atoms with van der Waals surface area (Å²) in [6, 6.07) is 10.1. The maximum Gasteiger partial charge on any atom is 0.0374 e. The average molecular weight is 321 g/mol. The Kier molecular flexibility index (Phi) is 5.43. The molecule has 0 unspecified atom stereocenters. The number of rotatable bonds is 0. The van der Waals surface area contributed by atoms with Gasteiger partial charge in [-0.25, -0.2) is 0 Å². The maximum absolute atomic E-state index is 5.73. The first-order valence-electron chi connectivity index (χ1n) is 6.17. The van der Waals surface area contributed by atoms with Crippen molar-refractivity contribution in [1.82, 2.24) is 0 Å². The molecule has 0 aliphatic heterocycles. The van der Waals surface area contributed by atoms with Crippen molar-refractivity contribution in [2.75, 3.05) is 11.5 Å². The molecule has 2 nitrogen and oxygen atoms in total. The van der Waals surface area contributed by atoms with E-state index in [1.54, 1.807) is 0 Å². The molecular formula is C16H21BrN2. The Balaban J connectivity index is 0.000000191. The zero-order chi connectivity index (χ0) is 14.6. The van der Waals surface area contributed by atoms with Crippen LogP contribution in [0.15, 0.2) is 34.8 Å². The number of hydrogen-bond acceptors (Lipinski definition) is 2. The normalized spacial score (nSPS) is 9.74. The molecule has 0 atom stereocenters. The van der Waals surface area contributed by atoms with Gasteiger partial charge in [-0.2, -0.15) is 0 Å². The average Bonchev–Trinajstić information content (AvgIpc) is 2.33. The van der Waals surface area contributed by atoms with E-state index in [0.29, 0.717) is 0 Å². The van der Waals surface area contributed by atoms with Gasteiger partial charge in [-0.1, -0.05) is 34.1 Å². The lowest BCUT2D eigenvalue weighted by Crippen LogP contribution is -1.92. The first kappa shape index (κ1) is 15.6. The van der Waals surface area contributed by atoms with Crippen molar-refractivity contribution >= 4 is 27.3 Å². The van der Waals surface area contributed by atoms with E-state index in [1.165, 1.54) is 0 Å². The summed E-state index contributed by atoms with van der Waals surface area (Å²) in [5, 5.41) is 0. The number of aryl methyl sites for hydroxylation is 4. The van der Waals surface area contributed by atoms with Gasteiger partial charge in [0, 0.05) is 15.8 Å². The van der Waals surface area contributed by atoms with E-state index in [9.17, 15) is 0 Å². The van der Waals surface area contributed by atoms with E-state index in [1.807, 2.05) is 58.0 Å². The summed E-state index contributed by atoms with van der Waals surface area (Å²) < 4.78 is 1.09. The van der Waals surface area contributed by atoms with Crippen LogP contribution in [0.25, 0.3) is 0 Å². The Morgan fingerprint density at radius 2 is 1.11 bits per heavy atom. The minimum atomic E-state index is 0.892. The minimum absolute atomic E-state index is 0.892. The zero-order valence-electron chi connectivity index (χ0n) is 11.9. The van der Waals surface area contributed by atoms with Gasteiger partial charge in [-0.05, 0) is 62.1 Å². The molecule has 102 valence electrons. The Bertz CT molecular complexity index is 534. The third-order valence-electron chi connectivity index (χ3n) is 3.10. The summed E-state index contributed by atoms with van der Waals surface area (Å²) in [5.74, 6) is 0. The van der Waals surface area contributed by atoms with Gasteiger partial charge < -0.3 is 11.5 Å². The van der Waals surface area contributed by atoms with E-state index in [0.717, 1.165) is 38.1 Å². The van der Waals surface area contributed by atoms with Crippen LogP contribution in [0, 0.1) is 27.7 Å². The largest absolute Gasteiger partial charge is 0.398 e. The highest BCUT2D eigenvalue weighted by molar-refractivity contribution is 9.10. The van der Waals surface area contributed by atoms with Crippen molar-refractivity contribution in [3.63, 3.8) is 0 Å². The Labute approximate surface area is 124 Å². The molecule has 0 aliphatic carbocycles. The van der Waals surface area contributed by atoms with Gasteiger partial charge >= 0.3 is 0 Å². The zero-order valence-corrected chi connectivity index (χ0v) is 13.5. The Morgan fingerprint density at radius 1 is 0.737 bits per heavy atom. The van der Waals surface area contributed by atoms with Gasteiger partial charge in [-0.15, -0.1) is 0 Å². The summed E-state index contributed by atoms with van der Waals surface area (Å²) in [5.41, 5.74) is 17.8. The van der Waals surface area contributed by atoms with Crippen LogP contribution < -0.4 is 11.5 Å². The maximum atomic E-state index is 5.73. The van der Waals surface area contributed by atoms with Crippen LogP contribution in [0.2, 0.25) is 0 Å². The standard InChI is InChI=1S/C8H10BrN.C8H11N/c1-5-3-7(9)4-6(2)8(5)10;1-6-4-3-5-7(2)8(6)9/h3-4H,10H2,1-2H3;3-5H,9H2,1-2H3. The van der Waals surface area contributed by atoms with Crippen LogP contribution in [0.3, 0.4) is 0 Å². The van der Waals surface area contributed by atoms with Crippen LogP contribution in [-0.2, 0) is 0 Å². The van der Waals surface area contributed by atoms with E-state index in [-0.39, 0.29) is 0 Å². The van der Waals surface area contributed by atoms with Crippen molar-refractivity contribution in [3.05, 3.63) is 57.1 Å². The lowest BCUT2D eigenvalue weighted by molar-refractivity contribution is 1.37. The van der Waals surface area contributed by atoms with Crippen LogP contribution in [0.5, 0.6) is 0 Å². The first-order valence-corrected chi connectivity index (χ1v) is 6.96. The van der Waals surface area contributed by atoms with E-state index >= 15 is 0 Å². The highest BCUT2D eigenvalue weighted by Gasteiger charge is 1.97. The van der Waals surface area contributed by atoms with E-state index in [4.69, 9.17) is 11.5 Å². The number of para-hydroxylation sites is 1. The highest BCUT2D eigenvalue weighted by Crippen LogP contribution is 2.21. The summed E-state index contributed by atoms with van der Waals surface area (Å²) in [6.07, 6.45) is 0. The van der Waals surface area contributed by atoms with Crippen molar-refractivity contribution < 1.29 is 0 Å². The van der Waals surface area contributed by atoms with Crippen molar-refractivity contribution in [2.45, 2.75) is 27.7 Å². The van der Waals surface area contributed by atoms with Gasteiger partial charge in [-0.3, -0.25) is 0 Å². The minimum Gasteiger partial charge on any atom is -0.398 e. The van der Waals surface area contributed by atoms with Crippen molar-refractivity contribution in [1.29, 1.82) is 0 Å². The molecule has 2 aromatic carbocycles. The summed E-state index contributed by atoms with van der Waals surface area (Å²) in [6.45, 7) is 8.05. The van der Waals surface area contributed by atoms with E-state index < -0.39 is 0 Å². The van der Waals surface area contributed by atoms with Crippen LogP contribution in [0.4, 0.5) is 11.4 Å². The summed E-state index contributed by atoms with van der Waals surface area (Å²) >= 11 is 3.39. The summed E-state index contributed by atoms with van der Waals surface area (Å²) in [7, 11) is 0. The number of benzene rings is 2. The van der Waals surface area contributed by atoms with Crippen LogP contribution in [-0.4, -0.2) is 0 Å². The van der Waals surface area contributed by atoms with Crippen molar-refractivity contribution in [3.8, 4) is 0 Å².